The molecule has 0 spiro atoms. The van der Waals surface area contributed by atoms with Gasteiger partial charge in [-0.2, -0.15) is 8.42 Å². The predicted octanol–water partition coefficient (Wildman–Crippen LogP) is 4.22. The monoisotopic (exact) mass is 386 g/mol. The van der Waals surface area contributed by atoms with E-state index in [4.69, 9.17) is 8.92 Å². The van der Waals surface area contributed by atoms with E-state index >= 15 is 0 Å². The Morgan fingerprint density at radius 2 is 1.50 bits per heavy atom. The van der Waals surface area contributed by atoms with Crippen LogP contribution in [0.2, 0.25) is 0 Å². The van der Waals surface area contributed by atoms with Crippen LogP contribution in [0.15, 0.2) is 29.2 Å². The van der Waals surface area contributed by atoms with Crippen LogP contribution in [0.1, 0.15) is 63.9 Å². The molecule has 1 aromatic carbocycles. The van der Waals surface area contributed by atoms with Gasteiger partial charge >= 0.3 is 0 Å². The van der Waals surface area contributed by atoms with E-state index < -0.39 is 16.2 Å². The topological polar surface area (TPSA) is 72.8 Å². The van der Waals surface area contributed by atoms with Crippen LogP contribution < -0.4 is 0 Å². The van der Waals surface area contributed by atoms with Crippen LogP contribution >= 0.6 is 0 Å². The summed E-state index contributed by atoms with van der Waals surface area (Å²) in [6.45, 7) is 4.46. The van der Waals surface area contributed by atoms with E-state index in [9.17, 15) is 13.5 Å². The molecular formula is C20H34O5S. The number of hydrogen-bond acceptors (Lipinski definition) is 5. The van der Waals surface area contributed by atoms with Crippen molar-refractivity contribution in [2.45, 2.75) is 76.2 Å². The van der Waals surface area contributed by atoms with Crippen LogP contribution in [-0.4, -0.2) is 39.4 Å². The third-order valence-corrected chi connectivity index (χ3v) is 5.47. The normalized spacial score (nSPS) is 13.0. The smallest absolute Gasteiger partial charge is 0.297 e. The van der Waals surface area contributed by atoms with Gasteiger partial charge in [-0.1, -0.05) is 69.6 Å². The lowest BCUT2D eigenvalue weighted by Crippen LogP contribution is -2.24. The number of benzene rings is 1. The summed E-state index contributed by atoms with van der Waals surface area (Å²) in [5, 5.41) is 9.81. The summed E-state index contributed by atoms with van der Waals surface area (Å²) in [4.78, 5) is 0.0927. The van der Waals surface area contributed by atoms with E-state index in [0.717, 1.165) is 18.4 Å². The summed E-state index contributed by atoms with van der Waals surface area (Å²) in [7, 11) is -3.84. The highest BCUT2D eigenvalue weighted by molar-refractivity contribution is 7.86. The molecule has 6 heteroatoms. The van der Waals surface area contributed by atoms with Gasteiger partial charge in [-0.15, -0.1) is 0 Å². The molecule has 1 N–H and O–H groups in total. The molecule has 0 aliphatic rings. The van der Waals surface area contributed by atoms with Crippen LogP contribution in [0.5, 0.6) is 0 Å². The SMILES string of the molecule is CCCCCCCCCCOCC(O)COS(=O)(=O)c1ccc(C)cc1. The van der Waals surface area contributed by atoms with Crippen molar-refractivity contribution in [2.24, 2.45) is 0 Å². The second-order valence-electron chi connectivity index (χ2n) is 6.76. The first-order valence-electron chi connectivity index (χ1n) is 9.67. The van der Waals surface area contributed by atoms with Gasteiger partial charge in [0.2, 0.25) is 0 Å². The Kier molecular flexibility index (Phi) is 11.8. The average molecular weight is 387 g/mol. The first kappa shape index (κ1) is 23.1. The Hall–Kier alpha value is -0.950. The zero-order valence-electron chi connectivity index (χ0n) is 16.2. The number of unbranched alkanes of at least 4 members (excludes halogenated alkanes) is 7. The van der Waals surface area contributed by atoms with E-state index in [-0.39, 0.29) is 18.1 Å². The maximum atomic E-state index is 12.0. The minimum absolute atomic E-state index is 0.0833. The maximum absolute atomic E-state index is 12.0. The quantitative estimate of drug-likeness (QED) is 0.361. The van der Waals surface area contributed by atoms with Gasteiger partial charge in [0.1, 0.15) is 6.10 Å². The maximum Gasteiger partial charge on any atom is 0.297 e. The van der Waals surface area contributed by atoms with Crippen molar-refractivity contribution in [1.82, 2.24) is 0 Å². The van der Waals surface area contributed by atoms with Crippen molar-refractivity contribution in [3.05, 3.63) is 29.8 Å². The Labute approximate surface area is 158 Å². The number of hydrogen-bond donors (Lipinski definition) is 1. The Balaban J connectivity index is 2.08. The largest absolute Gasteiger partial charge is 0.388 e. The average Bonchev–Trinajstić information content (AvgIpc) is 2.62. The molecule has 0 amide bonds. The second kappa shape index (κ2) is 13.3. The zero-order valence-corrected chi connectivity index (χ0v) is 17.0. The van der Waals surface area contributed by atoms with Gasteiger partial charge in [0.15, 0.2) is 0 Å². The summed E-state index contributed by atoms with van der Waals surface area (Å²) in [5.74, 6) is 0. The summed E-state index contributed by atoms with van der Waals surface area (Å²) in [6.07, 6.45) is 8.84. The highest BCUT2D eigenvalue weighted by Gasteiger charge is 2.17. The summed E-state index contributed by atoms with van der Waals surface area (Å²) in [5.41, 5.74) is 0.971. The minimum Gasteiger partial charge on any atom is -0.388 e. The molecule has 0 bridgehead atoms. The molecule has 0 aliphatic carbocycles. The van der Waals surface area contributed by atoms with E-state index in [2.05, 4.69) is 6.92 Å². The van der Waals surface area contributed by atoms with Crippen molar-refractivity contribution in [3.63, 3.8) is 0 Å². The van der Waals surface area contributed by atoms with Crippen molar-refractivity contribution in [2.75, 3.05) is 19.8 Å². The van der Waals surface area contributed by atoms with E-state index in [1.54, 1.807) is 12.1 Å². The fraction of sp³-hybridized carbons (Fsp3) is 0.700. The van der Waals surface area contributed by atoms with E-state index in [0.29, 0.717) is 6.61 Å². The van der Waals surface area contributed by atoms with E-state index in [1.807, 2.05) is 6.92 Å². The molecule has 0 radical (unpaired) electrons. The molecule has 0 saturated carbocycles. The van der Waals surface area contributed by atoms with Gasteiger partial charge in [0.25, 0.3) is 10.1 Å². The number of rotatable bonds is 15. The highest BCUT2D eigenvalue weighted by Crippen LogP contribution is 2.13. The van der Waals surface area contributed by atoms with Crippen molar-refractivity contribution < 1.29 is 22.4 Å². The first-order valence-corrected chi connectivity index (χ1v) is 11.1. The number of aliphatic hydroxyl groups is 1. The minimum atomic E-state index is -3.84. The van der Waals surface area contributed by atoms with Crippen LogP contribution in [-0.2, 0) is 19.0 Å². The Bertz CT molecular complexity index is 568. The summed E-state index contributed by atoms with van der Waals surface area (Å²) in [6, 6.07) is 6.41. The summed E-state index contributed by atoms with van der Waals surface area (Å²) >= 11 is 0. The van der Waals surface area contributed by atoms with Crippen LogP contribution in [0.3, 0.4) is 0 Å². The fourth-order valence-electron chi connectivity index (χ4n) is 2.55. The third kappa shape index (κ3) is 10.3. The Morgan fingerprint density at radius 3 is 2.12 bits per heavy atom. The molecule has 150 valence electrons. The first-order chi connectivity index (χ1) is 12.5. The highest BCUT2D eigenvalue weighted by atomic mass is 32.2. The summed E-state index contributed by atoms with van der Waals surface area (Å²) < 4.78 is 34.3. The molecular weight excluding hydrogens is 352 g/mol. The van der Waals surface area contributed by atoms with Crippen LogP contribution in [0, 0.1) is 6.92 Å². The molecule has 26 heavy (non-hydrogen) atoms. The number of ether oxygens (including phenoxy) is 1. The molecule has 1 rings (SSSR count). The molecule has 0 saturated heterocycles. The molecule has 1 atom stereocenters. The molecule has 0 aromatic heterocycles. The number of aryl methyl sites for hydroxylation is 1. The van der Waals surface area contributed by atoms with Gasteiger partial charge in [0.05, 0.1) is 18.1 Å². The zero-order chi connectivity index (χ0) is 19.3. The standard InChI is InChI=1S/C20H34O5S/c1-3-4-5-6-7-8-9-10-15-24-16-19(21)17-25-26(22,23)20-13-11-18(2)12-14-20/h11-14,19,21H,3-10,15-17H2,1-2H3. The lowest BCUT2D eigenvalue weighted by Gasteiger charge is -2.12. The third-order valence-electron chi connectivity index (χ3n) is 4.18. The van der Waals surface area contributed by atoms with Crippen molar-refractivity contribution in [3.8, 4) is 0 Å². The lowest BCUT2D eigenvalue weighted by molar-refractivity contribution is 0.0122. The lowest BCUT2D eigenvalue weighted by atomic mass is 10.1. The predicted molar refractivity (Wildman–Crippen MR) is 104 cm³/mol. The molecule has 5 nitrogen and oxygen atoms in total. The van der Waals surface area contributed by atoms with Crippen molar-refractivity contribution >= 4 is 10.1 Å². The van der Waals surface area contributed by atoms with Gasteiger partial charge in [-0.05, 0) is 25.5 Å². The van der Waals surface area contributed by atoms with Gasteiger partial charge < -0.3 is 9.84 Å². The van der Waals surface area contributed by atoms with Gasteiger partial charge in [0, 0.05) is 6.61 Å². The molecule has 0 heterocycles. The molecule has 1 unspecified atom stereocenters. The fourth-order valence-corrected chi connectivity index (χ4v) is 3.49. The van der Waals surface area contributed by atoms with Gasteiger partial charge in [-0.25, -0.2) is 0 Å². The van der Waals surface area contributed by atoms with E-state index in [1.165, 1.54) is 50.7 Å². The molecule has 0 fully saturated rings. The number of aliphatic hydroxyl groups excluding tert-OH is 1. The van der Waals surface area contributed by atoms with Crippen molar-refractivity contribution in [1.29, 1.82) is 0 Å². The molecule has 0 aliphatic heterocycles. The van der Waals surface area contributed by atoms with Gasteiger partial charge in [-0.3, -0.25) is 4.18 Å². The molecule has 1 aromatic rings. The van der Waals surface area contributed by atoms with Crippen LogP contribution in [0.4, 0.5) is 0 Å². The Morgan fingerprint density at radius 1 is 0.923 bits per heavy atom. The second-order valence-corrected chi connectivity index (χ2v) is 8.37. The van der Waals surface area contributed by atoms with Crippen LogP contribution in [0.25, 0.3) is 0 Å².